The van der Waals surface area contributed by atoms with E-state index in [2.05, 4.69) is 11.8 Å². The Balaban J connectivity index is 1.63. The van der Waals surface area contributed by atoms with Gasteiger partial charge in [-0.1, -0.05) is 35.5 Å². The van der Waals surface area contributed by atoms with Gasteiger partial charge in [-0.3, -0.25) is 9.69 Å². The van der Waals surface area contributed by atoms with Crippen LogP contribution in [0.2, 0.25) is 5.02 Å². The summed E-state index contributed by atoms with van der Waals surface area (Å²) in [5.74, 6) is 0.711. The van der Waals surface area contributed by atoms with Gasteiger partial charge in [0.2, 0.25) is 0 Å². The normalized spacial score (nSPS) is 18.7. The average Bonchev–Trinajstić information content (AvgIpc) is 3.37. The van der Waals surface area contributed by atoms with Crippen LogP contribution in [0.4, 0.5) is 17.1 Å². The predicted molar refractivity (Wildman–Crippen MR) is 141 cm³/mol. The highest BCUT2D eigenvalue weighted by Crippen LogP contribution is 2.52. The molecule has 0 spiro atoms. The Bertz CT molecular complexity index is 1340. The van der Waals surface area contributed by atoms with E-state index < -0.39 is 0 Å². The number of carbonyl (C=O) groups excluding carboxylic acids is 1. The smallest absolute Gasteiger partial charge is 0.274 e. The molecule has 3 aromatic carbocycles. The lowest BCUT2D eigenvalue weighted by Crippen LogP contribution is -2.29. The van der Waals surface area contributed by atoms with Crippen molar-refractivity contribution in [1.29, 1.82) is 0 Å². The van der Waals surface area contributed by atoms with E-state index in [4.69, 9.17) is 21.3 Å². The highest BCUT2D eigenvalue weighted by Gasteiger charge is 2.40. The minimum atomic E-state index is -0.179. The van der Waals surface area contributed by atoms with Crippen molar-refractivity contribution in [2.24, 2.45) is 4.99 Å². The van der Waals surface area contributed by atoms with Crippen molar-refractivity contribution in [3.8, 4) is 11.5 Å². The van der Waals surface area contributed by atoms with Crippen LogP contribution in [-0.4, -0.2) is 29.8 Å². The minimum Gasteiger partial charge on any atom is -0.508 e. The first kappa shape index (κ1) is 22.7. The van der Waals surface area contributed by atoms with Crippen LogP contribution in [0.5, 0.6) is 11.5 Å². The molecule has 2 heterocycles. The largest absolute Gasteiger partial charge is 0.508 e. The number of carbonyl (C=O) groups is 1. The SMILES string of the molecule is CCN1C(=C2SC(=Nc3ccccc3Cl)N(c3ccc(O)cc3)C2=O)Sc2ccc(OC)cc21. The maximum atomic E-state index is 13.8. The molecule has 0 bridgehead atoms. The van der Waals surface area contributed by atoms with Gasteiger partial charge in [-0.25, -0.2) is 4.99 Å². The molecule has 2 aliphatic rings. The molecule has 2 aliphatic heterocycles. The topological polar surface area (TPSA) is 65.4 Å². The van der Waals surface area contributed by atoms with Crippen LogP contribution in [0.1, 0.15) is 6.92 Å². The molecule has 0 aliphatic carbocycles. The number of aromatic hydroxyl groups is 1. The molecule has 3 aromatic rings. The Morgan fingerprint density at radius 3 is 2.53 bits per heavy atom. The fourth-order valence-electron chi connectivity index (χ4n) is 3.72. The van der Waals surface area contributed by atoms with Gasteiger partial charge in [0.05, 0.1) is 29.2 Å². The Morgan fingerprint density at radius 2 is 1.82 bits per heavy atom. The number of hydrogen-bond donors (Lipinski definition) is 1. The van der Waals surface area contributed by atoms with Crippen molar-refractivity contribution >= 4 is 63.3 Å². The molecular formula is C25H20ClN3O3S2. The van der Waals surface area contributed by atoms with Crippen LogP contribution in [0, 0.1) is 0 Å². The summed E-state index contributed by atoms with van der Waals surface area (Å²) in [4.78, 5) is 23.9. The zero-order chi connectivity index (χ0) is 23.8. The van der Waals surface area contributed by atoms with E-state index in [9.17, 15) is 9.90 Å². The van der Waals surface area contributed by atoms with Gasteiger partial charge in [-0.2, -0.15) is 0 Å². The van der Waals surface area contributed by atoms with Gasteiger partial charge in [0.25, 0.3) is 5.91 Å². The number of benzene rings is 3. The highest BCUT2D eigenvalue weighted by molar-refractivity contribution is 8.20. The summed E-state index contributed by atoms with van der Waals surface area (Å²) in [6, 6.07) is 19.7. The molecule has 1 saturated heterocycles. The van der Waals surface area contributed by atoms with Crippen LogP contribution < -0.4 is 14.5 Å². The number of thioether (sulfide) groups is 2. The van der Waals surface area contributed by atoms with E-state index in [1.807, 2.05) is 36.4 Å². The van der Waals surface area contributed by atoms with Gasteiger partial charge < -0.3 is 14.7 Å². The zero-order valence-corrected chi connectivity index (χ0v) is 20.7. The van der Waals surface area contributed by atoms with E-state index >= 15 is 0 Å². The van der Waals surface area contributed by atoms with Crippen molar-refractivity contribution in [3.05, 3.63) is 81.7 Å². The Kier molecular flexibility index (Phi) is 6.20. The number of aliphatic imine (C=N–C) groups is 1. The zero-order valence-electron chi connectivity index (χ0n) is 18.4. The summed E-state index contributed by atoms with van der Waals surface area (Å²) in [6.07, 6.45) is 0. The highest BCUT2D eigenvalue weighted by atomic mass is 35.5. The van der Waals surface area contributed by atoms with Crippen LogP contribution in [0.25, 0.3) is 0 Å². The number of rotatable bonds is 4. The molecule has 5 rings (SSSR count). The van der Waals surface area contributed by atoms with E-state index in [0.29, 0.717) is 33.0 Å². The van der Waals surface area contributed by atoms with Crippen molar-refractivity contribution in [1.82, 2.24) is 0 Å². The summed E-state index contributed by atoms with van der Waals surface area (Å²) < 4.78 is 5.41. The Labute approximate surface area is 210 Å². The van der Waals surface area contributed by atoms with Gasteiger partial charge in [-0.05, 0) is 67.2 Å². The number of phenols is 1. The molecule has 0 atom stereocenters. The number of methoxy groups -OCH3 is 1. The van der Waals surface area contributed by atoms with Gasteiger partial charge in [-0.15, -0.1) is 0 Å². The summed E-state index contributed by atoms with van der Waals surface area (Å²) in [6.45, 7) is 2.74. The second-order valence-electron chi connectivity index (χ2n) is 7.42. The van der Waals surface area contributed by atoms with Gasteiger partial charge >= 0.3 is 0 Å². The van der Waals surface area contributed by atoms with Gasteiger partial charge in [0.15, 0.2) is 5.17 Å². The molecule has 1 N–H and O–H groups in total. The molecule has 9 heteroatoms. The summed E-state index contributed by atoms with van der Waals surface area (Å²) in [5.41, 5.74) is 2.20. The third kappa shape index (κ3) is 4.02. The first-order valence-electron chi connectivity index (χ1n) is 10.5. The van der Waals surface area contributed by atoms with Crippen molar-refractivity contribution < 1.29 is 14.6 Å². The number of fused-ring (bicyclic) bond motifs is 1. The molecule has 0 aromatic heterocycles. The number of hydrogen-bond acceptors (Lipinski definition) is 7. The standard InChI is InChI=1S/C25H20ClN3O3S2/c1-3-28-20-14-17(32-2)12-13-21(20)33-24(28)22-23(31)29(15-8-10-16(30)11-9-15)25(34-22)27-19-7-5-4-6-18(19)26/h4-14,30H,3H2,1-2H3. The number of nitrogens with zero attached hydrogens (tertiary/aromatic N) is 3. The number of anilines is 2. The molecule has 1 amide bonds. The Morgan fingerprint density at radius 1 is 1.06 bits per heavy atom. The van der Waals surface area contributed by atoms with Gasteiger partial charge in [0, 0.05) is 17.5 Å². The lowest BCUT2D eigenvalue weighted by Gasteiger charge is -2.19. The molecule has 1 fully saturated rings. The molecular weight excluding hydrogens is 490 g/mol. The third-order valence-corrected chi connectivity index (χ3v) is 8.04. The van der Waals surface area contributed by atoms with Gasteiger partial charge in [0.1, 0.15) is 21.4 Å². The maximum absolute atomic E-state index is 13.8. The second-order valence-corrected chi connectivity index (χ2v) is 9.83. The lowest BCUT2D eigenvalue weighted by molar-refractivity contribution is -0.113. The summed E-state index contributed by atoms with van der Waals surface area (Å²) in [5, 5.41) is 11.6. The van der Waals surface area contributed by atoms with E-state index in [0.717, 1.165) is 21.4 Å². The monoisotopic (exact) mass is 509 g/mol. The molecule has 0 radical (unpaired) electrons. The van der Waals surface area contributed by atoms with E-state index in [1.165, 1.54) is 11.8 Å². The second kappa shape index (κ2) is 9.29. The van der Waals surface area contributed by atoms with Crippen LogP contribution in [0.15, 0.2) is 86.6 Å². The third-order valence-electron chi connectivity index (χ3n) is 5.38. The van der Waals surface area contributed by atoms with Crippen LogP contribution in [-0.2, 0) is 4.79 Å². The number of para-hydroxylation sites is 1. The fourth-order valence-corrected chi connectivity index (χ4v) is 6.27. The number of ether oxygens (including phenoxy) is 1. The first-order valence-corrected chi connectivity index (χ1v) is 12.5. The summed E-state index contributed by atoms with van der Waals surface area (Å²) in [7, 11) is 1.64. The first-order chi connectivity index (χ1) is 16.5. The number of halogens is 1. The molecule has 6 nitrogen and oxygen atoms in total. The van der Waals surface area contributed by atoms with E-state index in [-0.39, 0.29) is 11.7 Å². The summed E-state index contributed by atoms with van der Waals surface area (Å²) >= 11 is 9.24. The average molecular weight is 510 g/mol. The Hall–Kier alpha value is -3.07. The number of amides is 1. The van der Waals surface area contributed by atoms with Crippen LogP contribution >= 0.6 is 35.1 Å². The molecule has 0 unspecified atom stereocenters. The minimum absolute atomic E-state index is 0.124. The fraction of sp³-hybridized carbons (Fsp3) is 0.120. The number of phenolic OH excluding ortho intramolecular Hbond substituents is 1. The number of amidine groups is 1. The lowest BCUT2D eigenvalue weighted by atomic mass is 10.2. The molecule has 172 valence electrons. The van der Waals surface area contributed by atoms with Crippen molar-refractivity contribution in [2.75, 3.05) is 23.5 Å². The van der Waals surface area contributed by atoms with Crippen molar-refractivity contribution in [3.63, 3.8) is 0 Å². The van der Waals surface area contributed by atoms with Crippen molar-refractivity contribution in [2.45, 2.75) is 11.8 Å². The quantitative estimate of drug-likeness (QED) is 0.398. The molecule has 34 heavy (non-hydrogen) atoms. The molecule has 0 saturated carbocycles. The van der Waals surface area contributed by atoms with Crippen LogP contribution in [0.3, 0.4) is 0 Å². The predicted octanol–water partition coefficient (Wildman–Crippen LogP) is 6.62. The van der Waals surface area contributed by atoms with E-state index in [1.54, 1.807) is 54.1 Å². The maximum Gasteiger partial charge on any atom is 0.274 e.